The molecular weight excluding hydrogens is 515 g/mol. The van der Waals surface area contributed by atoms with E-state index in [1.54, 1.807) is 37.3 Å². The zero-order valence-corrected chi connectivity index (χ0v) is 21.3. The number of anilines is 1. The number of sulfonamides is 1. The third-order valence-corrected chi connectivity index (χ3v) is 7.76. The van der Waals surface area contributed by atoms with E-state index in [1.807, 2.05) is 6.92 Å². The number of hydrogen-bond donors (Lipinski definition) is 1. The standard InChI is InChI=1S/C27H20ClFN4O3S/c1-16-12-18(5-8-22(16)28)21-13-17(2)25(15-23(21)29)33-24-9-7-20(14-19(24)6-10-27(33)34)37(35,36)32-26-4-3-11-30-31-26/h3-15H,1-2H3,(H,31,32). The molecule has 0 aliphatic carbocycles. The molecule has 2 aromatic heterocycles. The highest BCUT2D eigenvalue weighted by Crippen LogP contribution is 2.31. The molecule has 0 atom stereocenters. The van der Waals surface area contributed by atoms with Crippen LogP contribution in [0.5, 0.6) is 0 Å². The molecule has 0 saturated carbocycles. The van der Waals surface area contributed by atoms with Gasteiger partial charge >= 0.3 is 0 Å². The van der Waals surface area contributed by atoms with Crippen LogP contribution in [0.4, 0.5) is 10.2 Å². The molecular formula is C27H20ClFN4O3S. The lowest BCUT2D eigenvalue weighted by Crippen LogP contribution is -2.19. The van der Waals surface area contributed by atoms with Gasteiger partial charge in [0.05, 0.1) is 16.1 Å². The SMILES string of the molecule is Cc1cc(-c2cc(C)c(-n3c(=O)ccc4cc(S(=O)(=O)Nc5cccnn5)ccc43)cc2F)ccc1Cl. The summed E-state index contributed by atoms with van der Waals surface area (Å²) in [6.07, 6.45) is 1.43. The highest BCUT2D eigenvalue weighted by molar-refractivity contribution is 7.92. The van der Waals surface area contributed by atoms with Crippen molar-refractivity contribution in [1.29, 1.82) is 0 Å². The lowest BCUT2D eigenvalue weighted by molar-refractivity contribution is 0.601. The van der Waals surface area contributed by atoms with Crippen molar-refractivity contribution < 1.29 is 12.8 Å². The van der Waals surface area contributed by atoms with Crippen LogP contribution in [0.3, 0.4) is 0 Å². The van der Waals surface area contributed by atoms with Crippen molar-refractivity contribution in [2.75, 3.05) is 4.72 Å². The Morgan fingerprint density at radius 3 is 2.49 bits per heavy atom. The molecule has 0 radical (unpaired) electrons. The predicted octanol–water partition coefficient (Wildman–Crippen LogP) is 5.66. The average Bonchev–Trinajstić information content (AvgIpc) is 2.87. The maximum atomic E-state index is 15.3. The Morgan fingerprint density at radius 1 is 0.946 bits per heavy atom. The number of aryl methyl sites for hydroxylation is 2. The van der Waals surface area contributed by atoms with Crippen LogP contribution in [-0.4, -0.2) is 23.2 Å². The van der Waals surface area contributed by atoms with Crippen LogP contribution in [0.2, 0.25) is 5.02 Å². The maximum Gasteiger partial charge on any atom is 0.263 e. The van der Waals surface area contributed by atoms with E-state index in [4.69, 9.17) is 11.6 Å². The minimum absolute atomic E-state index is 0.0211. The fourth-order valence-corrected chi connectivity index (χ4v) is 5.29. The molecule has 2 heterocycles. The van der Waals surface area contributed by atoms with Gasteiger partial charge in [-0.15, -0.1) is 5.10 Å². The van der Waals surface area contributed by atoms with E-state index in [0.717, 1.165) is 5.56 Å². The maximum absolute atomic E-state index is 15.3. The van der Waals surface area contributed by atoms with Crippen molar-refractivity contribution in [3.05, 3.63) is 111 Å². The molecule has 10 heteroatoms. The van der Waals surface area contributed by atoms with Gasteiger partial charge in [0.2, 0.25) is 0 Å². The van der Waals surface area contributed by atoms with E-state index >= 15 is 4.39 Å². The normalized spacial score (nSPS) is 11.6. The van der Waals surface area contributed by atoms with Gasteiger partial charge in [0, 0.05) is 28.2 Å². The minimum atomic E-state index is -3.96. The summed E-state index contributed by atoms with van der Waals surface area (Å²) in [7, 11) is -3.96. The van der Waals surface area contributed by atoms with Crippen LogP contribution in [0, 0.1) is 19.7 Å². The lowest BCUT2D eigenvalue weighted by Gasteiger charge is -2.16. The number of rotatable bonds is 5. The van der Waals surface area contributed by atoms with E-state index < -0.39 is 15.8 Å². The fraction of sp³-hybridized carbons (Fsp3) is 0.0741. The third kappa shape index (κ3) is 4.71. The highest BCUT2D eigenvalue weighted by atomic mass is 35.5. The lowest BCUT2D eigenvalue weighted by atomic mass is 9.99. The molecule has 7 nitrogen and oxygen atoms in total. The zero-order valence-electron chi connectivity index (χ0n) is 19.7. The van der Waals surface area contributed by atoms with Crippen LogP contribution < -0.4 is 10.3 Å². The van der Waals surface area contributed by atoms with Gasteiger partial charge in [0.15, 0.2) is 5.82 Å². The van der Waals surface area contributed by atoms with Gasteiger partial charge in [-0.2, -0.15) is 5.10 Å². The summed E-state index contributed by atoms with van der Waals surface area (Å²) in [6, 6.07) is 18.5. The second kappa shape index (κ2) is 9.42. The molecule has 0 bridgehead atoms. The largest absolute Gasteiger partial charge is 0.277 e. The number of nitrogens with zero attached hydrogens (tertiary/aromatic N) is 3. The molecule has 0 aliphatic heterocycles. The van der Waals surface area contributed by atoms with Gasteiger partial charge in [0.25, 0.3) is 15.6 Å². The molecule has 5 aromatic rings. The summed E-state index contributed by atoms with van der Waals surface area (Å²) in [6.45, 7) is 3.63. The van der Waals surface area contributed by atoms with Crippen molar-refractivity contribution in [2.24, 2.45) is 0 Å². The first kappa shape index (κ1) is 24.6. The monoisotopic (exact) mass is 534 g/mol. The molecule has 186 valence electrons. The van der Waals surface area contributed by atoms with Crippen molar-refractivity contribution in [1.82, 2.24) is 14.8 Å². The van der Waals surface area contributed by atoms with E-state index in [-0.39, 0.29) is 16.3 Å². The fourth-order valence-electron chi connectivity index (χ4n) is 4.14. The Morgan fingerprint density at radius 2 is 1.76 bits per heavy atom. The number of pyridine rings is 1. The molecule has 1 N–H and O–H groups in total. The first-order chi connectivity index (χ1) is 17.6. The second-order valence-electron chi connectivity index (χ2n) is 8.52. The predicted molar refractivity (Wildman–Crippen MR) is 142 cm³/mol. The van der Waals surface area contributed by atoms with Gasteiger partial charge in [-0.05, 0) is 91.2 Å². The first-order valence-corrected chi connectivity index (χ1v) is 13.0. The Bertz CT molecular complexity index is 1840. The summed E-state index contributed by atoms with van der Waals surface area (Å²) in [4.78, 5) is 12.9. The molecule has 0 aliphatic rings. The highest BCUT2D eigenvalue weighted by Gasteiger charge is 2.18. The van der Waals surface area contributed by atoms with E-state index in [1.165, 1.54) is 53.2 Å². The molecule has 5 rings (SSSR count). The number of halogens is 2. The second-order valence-corrected chi connectivity index (χ2v) is 10.6. The Kier molecular flexibility index (Phi) is 6.26. The molecule has 3 aromatic carbocycles. The van der Waals surface area contributed by atoms with Crippen molar-refractivity contribution in [2.45, 2.75) is 18.7 Å². The summed E-state index contributed by atoms with van der Waals surface area (Å²) in [5.74, 6) is -0.423. The van der Waals surface area contributed by atoms with Gasteiger partial charge < -0.3 is 0 Å². The smallest absolute Gasteiger partial charge is 0.263 e. The molecule has 0 unspecified atom stereocenters. The van der Waals surface area contributed by atoms with E-state index in [0.29, 0.717) is 38.3 Å². The van der Waals surface area contributed by atoms with Crippen molar-refractivity contribution >= 4 is 38.3 Å². The summed E-state index contributed by atoms with van der Waals surface area (Å²) in [5.41, 5.74) is 2.96. The Balaban J connectivity index is 1.60. The van der Waals surface area contributed by atoms with E-state index in [9.17, 15) is 13.2 Å². The van der Waals surface area contributed by atoms with E-state index in [2.05, 4.69) is 14.9 Å². The Hall–Kier alpha value is -4.08. The summed E-state index contributed by atoms with van der Waals surface area (Å²) in [5, 5.41) is 8.49. The first-order valence-electron chi connectivity index (χ1n) is 11.2. The molecule has 0 amide bonds. The quantitative estimate of drug-likeness (QED) is 0.314. The number of benzene rings is 3. The Labute approximate surface area is 217 Å². The van der Waals surface area contributed by atoms with Crippen LogP contribution in [0.1, 0.15) is 11.1 Å². The van der Waals surface area contributed by atoms with Crippen molar-refractivity contribution in [3.63, 3.8) is 0 Å². The topological polar surface area (TPSA) is 94.0 Å². The molecule has 37 heavy (non-hydrogen) atoms. The van der Waals surface area contributed by atoms with Crippen LogP contribution >= 0.6 is 11.6 Å². The average molecular weight is 535 g/mol. The zero-order chi connectivity index (χ0) is 26.3. The van der Waals surface area contributed by atoms with Crippen molar-refractivity contribution in [3.8, 4) is 16.8 Å². The van der Waals surface area contributed by atoms with Gasteiger partial charge in [0.1, 0.15) is 5.82 Å². The minimum Gasteiger partial charge on any atom is -0.277 e. The van der Waals surface area contributed by atoms with Crippen LogP contribution in [-0.2, 0) is 10.0 Å². The van der Waals surface area contributed by atoms with Crippen LogP contribution in [0.15, 0.2) is 88.7 Å². The summed E-state index contributed by atoms with van der Waals surface area (Å²) >= 11 is 6.12. The molecule has 0 saturated heterocycles. The van der Waals surface area contributed by atoms with Gasteiger partial charge in [-0.25, -0.2) is 12.8 Å². The van der Waals surface area contributed by atoms with Gasteiger partial charge in [-0.1, -0.05) is 17.7 Å². The molecule has 0 fully saturated rings. The third-order valence-electron chi connectivity index (χ3n) is 5.98. The van der Waals surface area contributed by atoms with Gasteiger partial charge in [-0.3, -0.25) is 14.1 Å². The number of fused-ring (bicyclic) bond motifs is 1. The molecule has 0 spiro atoms. The number of nitrogens with one attached hydrogen (secondary N) is 1. The van der Waals surface area contributed by atoms with Crippen LogP contribution in [0.25, 0.3) is 27.7 Å². The number of aromatic nitrogens is 3. The number of hydrogen-bond acceptors (Lipinski definition) is 5. The summed E-state index contributed by atoms with van der Waals surface area (Å²) < 4.78 is 44.8.